The van der Waals surface area contributed by atoms with E-state index in [9.17, 15) is 4.79 Å². The van der Waals surface area contributed by atoms with Gasteiger partial charge < -0.3 is 15.8 Å². The van der Waals surface area contributed by atoms with Crippen LogP contribution in [0.2, 0.25) is 5.15 Å². The van der Waals surface area contributed by atoms with Crippen molar-refractivity contribution in [2.24, 2.45) is 5.73 Å². The van der Waals surface area contributed by atoms with Crippen LogP contribution in [0.15, 0.2) is 40.8 Å². The van der Waals surface area contributed by atoms with E-state index in [-0.39, 0.29) is 16.4 Å². The Kier molecular flexibility index (Phi) is 4.13. The van der Waals surface area contributed by atoms with Gasteiger partial charge in [-0.15, -0.1) is 0 Å². The van der Waals surface area contributed by atoms with Gasteiger partial charge in [0.2, 0.25) is 0 Å². The van der Waals surface area contributed by atoms with E-state index in [0.29, 0.717) is 10.7 Å². The van der Waals surface area contributed by atoms with Crippen LogP contribution >= 0.6 is 34.8 Å². The van der Waals surface area contributed by atoms with E-state index in [4.69, 9.17) is 40.5 Å². The summed E-state index contributed by atoms with van der Waals surface area (Å²) in [6, 6.07) is 3.23. The Morgan fingerprint density at radius 3 is 2.70 bits per heavy atom. The van der Waals surface area contributed by atoms with Crippen LogP contribution in [0.3, 0.4) is 0 Å². The number of hydrogen-bond donors (Lipinski definition) is 2. The molecule has 8 heteroatoms. The number of esters is 1. The fraction of sp³-hybridized carbons (Fsp3) is 0.167. The summed E-state index contributed by atoms with van der Waals surface area (Å²) >= 11 is 18.2. The maximum absolute atomic E-state index is 11.7. The fourth-order valence-electron chi connectivity index (χ4n) is 1.68. The van der Waals surface area contributed by atoms with E-state index in [1.54, 1.807) is 12.1 Å². The Morgan fingerprint density at radius 1 is 1.45 bits per heavy atom. The molecular weight excluding hydrogens is 325 g/mol. The topological polar surface area (TPSA) is 77.2 Å². The minimum atomic E-state index is -1.26. The molecule has 0 radical (unpaired) electrons. The van der Waals surface area contributed by atoms with Gasteiger partial charge in [-0.2, -0.15) is 0 Å². The lowest BCUT2D eigenvalue weighted by atomic mass is 10.0. The number of dihydropyridines is 1. The molecule has 0 saturated carbocycles. The largest absolute Gasteiger partial charge is 0.464 e. The number of methoxy groups -OCH3 is 1. The number of rotatable bonds is 2. The number of carbonyl (C=O) groups excluding carboxylic acids is 1. The highest BCUT2D eigenvalue weighted by atomic mass is 35.5. The van der Waals surface area contributed by atoms with Gasteiger partial charge in [-0.1, -0.05) is 40.9 Å². The maximum atomic E-state index is 11.7. The summed E-state index contributed by atoms with van der Waals surface area (Å²) in [5.74, 6) is -0.669. The van der Waals surface area contributed by atoms with Crippen LogP contribution in [0.1, 0.15) is 5.56 Å². The van der Waals surface area contributed by atoms with E-state index in [1.165, 1.54) is 19.4 Å². The lowest BCUT2D eigenvalue weighted by Crippen LogP contribution is -2.42. The van der Waals surface area contributed by atoms with Gasteiger partial charge in [-0.05, 0) is 12.1 Å². The first-order chi connectivity index (χ1) is 9.37. The third-order valence-electron chi connectivity index (χ3n) is 2.67. The minimum Gasteiger partial charge on any atom is -0.464 e. The van der Waals surface area contributed by atoms with Crippen LogP contribution in [0.5, 0.6) is 0 Å². The maximum Gasteiger partial charge on any atom is 0.355 e. The van der Waals surface area contributed by atoms with Gasteiger partial charge in [0, 0.05) is 11.8 Å². The molecule has 1 aliphatic rings. The molecule has 1 aromatic heterocycles. The van der Waals surface area contributed by atoms with Gasteiger partial charge in [0.05, 0.1) is 17.8 Å². The number of nitrogens with zero attached hydrogens (tertiary/aromatic N) is 1. The molecule has 0 aromatic carbocycles. The lowest BCUT2D eigenvalue weighted by Gasteiger charge is -2.31. The van der Waals surface area contributed by atoms with Gasteiger partial charge in [0.25, 0.3) is 0 Å². The molecule has 0 saturated heterocycles. The zero-order valence-corrected chi connectivity index (χ0v) is 12.6. The summed E-state index contributed by atoms with van der Waals surface area (Å²) in [6.45, 7) is 0. The number of ether oxygens (including phenoxy) is 1. The van der Waals surface area contributed by atoms with Crippen molar-refractivity contribution in [1.29, 1.82) is 0 Å². The number of pyridine rings is 1. The summed E-state index contributed by atoms with van der Waals surface area (Å²) in [4.78, 5) is 14.4. The van der Waals surface area contributed by atoms with Crippen molar-refractivity contribution in [3.05, 3.63) is 51.5 Å². The molecular formula is C12H10Cl3N3O2. The van der Waals surface area contributed by atoms with Crippen LogP contribution < -0.4 is 11.1 Å². The van der Waals surface area contributed by atoms with E-state index < -0.39 is 11.0 Å². The minimum absolute atomic E-state index is 0.0147. The molecule has 106 valence electrons. The van der Waals surface area contributed by atoms with Crippen LogP contribution in [0, 0.1) is 0 Å². The summed E-state index contributed by atoms with van der Waals surface area (Å²) < 4.78 is 4.63. The number of nitrogens with two attached hydrogens (primary N) is 1. The molecule has 1 atom stereocenters. The molecule has 1 aromatic rings. The average Bonchev–Trinajstić information content (AvgIpc) is 2.42. The zero-order chi connectivity index (χ0) is 14.9. The Balaban J connectivity index is 2.46. The number of hydrogen-bond acceptors (Lipinski definition) is 5. The van der Waals surface area contributed by atoms with Gasteiger partial charge >= 0.3 is 5.97 Å². The van der Waals surface area contributed by atoms with Gasteiger partial charge in [0.15, 0.2) is 5.00 Å². The van der Waals surface area contributed by atoms with E-state index >= 15 is 0 Å². The number of halogens is 3. The normalized spacial score (nSPS) is 22.1. The predicted octanol–water partition coefficient (Wildman–Crippen LogP) is 2.20. The van der Waals surface area contributed by atoms with E-state index in [1.807, 2.05) is 0 Å². The summed E-state index contributed by atoms with van der Waals surface area (Å²) in [7, 11) is 1.23. The average molecular weight is 335 g/mol. The molecule has 2 heterocycles. The quantitative estimate of drug-likeness (QED) is 0.375. The number of nitrogens with one attached hydrogen (secondary N) is 1. The first-order valence-corrected chi connectivity index (χ1v) is 6.56. The molecule has 1 unspecified atom stereocenters. The molecule has 20 heavy (non-hydrogen) atoms. The summed E-state index contributed by atoms with van der Waals surface area (Å²) in [6.07, 6.45) is 2.95. The first-order valence-electron chi connectivity index (χ1n) is 5.43. The number of allylic oxidation sites excluding steroid dienone is 1. The molecule has 0 spiro atoms. The first kappa shape index (κ1) is 15.0. The monoisotopic (exact) mass is 333 g/mol. The second-order valence-corrected chi connectivity index (χ2v) is 5.35. The second kappa shape index (κ2) is 5.52. The van der Waals surface area contributed by atoms with Crippen molar-refractivity contribution in [1.82, 2.24) is 10.3 Å². The van der Waals surface area contributed by atoms with Gasteiger partial charge in [-0.3, -0.25) is 0 Å². The molecule has 1 aliphatic heterocycles. The van der Waals surface area contributed by atoms with E-state index in [2.05, 4.69) is 15.0 Å². The van der Waals surface area contributed by atoms with Crippen LogP contribution in [-0.4, -0.2) is 18.1 Å². The van der Waals surface area contributed by atoms with Gasteiger partial charge in [0.1, 0.15) is 10.9 Å². The fourth-order valence-corrected chi connectivity index (χ4v) is 2.30. The van der Waals surface area contributed by atoms with Crippen molar-refractivity contribution in [3.63, 3.8) is 0 Å². The standard InChI is InChI=1S/C12H10Cl3N3O2/c1-20-11(19)10-9(14)7(16)4-12(15,18-10)6-2-3-8(13)17-5-6/h2-5,18H,16H2,1H3. The Hall–Kier alpha value is -1.43. The molecule has 5 nitrogen and oxygen atoms in total. The Bertz CT molecular complexity index is 613. The van der Waals surface area contributed by atoms with Gasteiger partial charge in [-0.25, -0.2) is 9.78 Å². The highest BCUT2D eigenvalue weighted by Crippen LogP contribution is 2.36. The second-order valence-electron chi connectivity index (χ2n) is 3.99. The lowest BCUT2D eigenvalue weighted by molar-refractivity contribution is -0.136. The van der Waals surface area contributed by atoms with Crippen LogP contribution in [-0.2, 0) is 14.5 Å². The number of alkyl halides is 1. The van der Waals surface area contributed by atoms with Crippen molar-refractivity contribution < 1.29 is 9.53 Å². The molecule has 0 aliphatic carbocycles. The number of carbonyl (C=O) groups is 1. The third-order valence-corrected chi connectivity index (χ3v) is 3.72. The smallest absolute Gasteiger partial charge is 0.355 e. The highest BCUT2D eigenvalue weighted by molar-refractivity contribution is 6.35. The van der Waals surface area contributed by atoms with Crippen molar-refractivity contribution in [2.75, 3.05) is 7.11 Å². The molecule has 2 rings (SSSR count). The van der Waals surface area contributed by atoms with Crippen LogP contribution in [0.4, 0.5) is 0 Å². The van der Waals surface area contributed by atoms with E-state index in [0.717, 1.165) is 0 Å². The number of aromatic nitrogens is 1. The Morgan fingerprint density at radius 2 is 2.15 bits per heavy atom. The summed E-state index contributed by atoms with van der Waals surface area (Å²) in [5, 5.41) is 3.17. The third kappa shape index (κ3) is 2.70. The highest BCUT2D eigenvalue weighted by Gasteiger charge is 2.36. The van der Waals surface area contributed by atoms with Crippen molar-refractivity contribution >= 4 is 40.8 Å². The molecule has 0 bridgehead atoms. The zero-order valence-electron chi connectivity index (χ0n) is 10.3. The van der Waals surface area contributed by atoms with Crippen molar-refractivity contribution in [3.8, 4) is 0 Å². The molecule has 0 amide bonds. The van der Waals surface area contributed by atoms with Crippen molar-refractivity contribution in [2.45, 2.75) is 5.00 Å². The summed E-state index contributed by atoms with van der Waals surface area (Å²) in [5.41, 5.74) is 6.50. The van der Waals surface area contributed by atoms with Crippen LogP contribution in [0.25, 0.3) is 0 Å². The molecule has 3 N–H and O–H groups in total. The SMILES string of the molecule is COC(=O)C1=C(Cl)C(N)=CC(Cl)(c2ccc(Cl)nc2)N1. The Labute approximate surface area is 130 Å². The predicted molar refractivity (Wildman–Crippen MR) is 77.1 cm³/mol. The molecule has 0 fully saturated rings.